The minimum atomic E-state index is 0. The van der Waals surface area contributed by atoms with Crippen LogP contribution in [0.4, 0.5) is 0 Å². The van der Waals surface area contributed by atoms with Crippen LogP contribution in [0.3, 0.4) is 0 Å². The number of hydrogen-bond donors (Lipinski definition) is 0. The molecule has 0 aromatic heterocycles. The largest absolute Gasteiger partial charge is 0.126 e. The van der Waals surface area contributed by atoms with Gasteiger partial charge in [0.2, 0.25) is 0 Å². The van der Waals surface area contributed by atoms with Crippen molar-refractivity contribution >= 4 is 35.5 Å². The molecule has 0 aliphatic rings. The summed E-state index contributed by atoms with van der Waals surface area (Å²) in [5, 5.41) is 8.09. The van der Waals surface area contributed by atoms with Gasteiger partial charge in [-0.15, -0.1) is 80.3 Å². The fourth-order valence-electron chi connectivity index (χ4n) is 4.59. The standard InChI is InChI=1S/C13H9.C13H10.C10H9.2ClH.Zr/c1-3-7-12-10(5-1)9-11-6-2-4-8-13(11)12;1-3-7-12(8-4-1)11-13-9-5-2-6-10-13;1-8-6-9-4-2-3-5-10(9)7-8;;;/h1-9H;1-10H;2-7H,1H3;2*1H;/q-1;;-1;;;+2/p-2. The summed E-state index contributed by atoms with van der Waals surface area (Å²) in [7, 11) is 0. The Balaban J connectivity index is 0.000000160. The Morgan fingerprint density at radius 2 is 0.897 bits per heavy atom. The third-order valence-electron chi connectivity index (χ3n) is 6.41. The summed E-state index contributed by atoms with van der Waals surface area (Å²) in [5.41, 5.74) is 4.01. The summed E-state index contributed by atoms with van der Waals surface area (Å²) >= 11 is 1.46. The van der Waals surface area contributed by atoms with E-state index in [1.54, 1.807) is 0 Å². The summed E-state index contributed by atoms with van der Waals surface area (Å²) in [6, 6.07) is 53.2. The van der Waals surface area contributed by atoms with Crippen LogP contribution in [0.2, 0.25) is 0 Å². The van der Waals surface area contributed by atoms with Crippen LogP contribution in [-0.4, -0.2) is 3.21 Å². The van der Waals surface area contributed by atoms with Gasteiger partial charge >= 0.3 is 99.2 Å². The zero-order chi connectivity index (χ0) is 25.5. The number of hydrogen-bond acceptors (Lipinski definition) is 0. The van der Waals surface area contributed by atoms with Crippen LogP contribution in [0, 0.1) is 6.92 Å². The molecular weight excluding hydrogens is 595 g/mol. The van der Waals surface area contributed by atoms with Gasteiger partial charge in [-0.2, -0.15) is 6.07 Å². The Bertz CT molecular complexity index is 1620. The first-order valence-electron chi connectivity index (χ1n) is 12.5. The summed E-state index contributed by atoms with van der Waals surface area (Å²) in [5.74, 6) is 0. The van der Waals surface area contributed by atoms with Gasteiger partial charge in [-0.1, -0.05) is 49.4 Å². The molecule has 0 fully saturated rings. The molecular formula is C36H28Cl2Zr-2. The van der Waals surface area contributed by atoms with Gasteiger partial charge in [-0.3, -0.25) is 0 Å². The van der Waals surface area contributed by atoms with Crippen LogP contribution in [0.5, 0.6) is 0 Å². The first kappa shape index (κ1) is 30.5. The Morgan fingerprint density at radius 1 is 0.487 bits per heavy atom. The Labute approximate surface area is 258 Å². The maximum Gasteiger partial charge on any atom is -0.0771 e. The Hall–Kier alpha value is -3.09. The van der Waals surface area contributed by atoms with Gasteiger partial charge in [0.25, 0.3) is 0 Å². The predicted molar refractivity (Wildman–Crippen MR) is 157 cm³/mol. The molecule has 0 N–H and O–H groups in total. The minimum Gasteiger partial charge on any atom is -0.126 e. The maximum absolute atomic E-state index is 2.24. The van der Waals surface area contributed by atoms with E-state index in [4.69, 9.17) is 0 Å². The van der Waals surface area contributed by atoms with E-state index in [0.29, 0.717) is 0 Å². The summed E-state index contributed by atoms with van der Waals surface area (Å²) < 4.78 is 1.42. The van der Waals surface area contributed by atoms with Crippen molar-refractivity contribution in [2.75, 3.05) is 0 Å². The van der Waals surface area contributed by atoms with Gasteiger partial charge in [-0.05, 0) is 0 Å². The molecule has 0 unspecified atom stereocenters. The molecule has 0 atom stereocenters. The van der Waals surface area contributed by atoms with Crippen molar-refractivity contribution in [2.45, 2.75) is 6.92 Å². The molecule has 0 radical (unpaired) electrons. The topological polar surface area (TPSA) is 0 Å². The van der Waals surface area contributed by atoms with E-state index in [9.17, 15) is 0 Å². The monoisotopic (exact) mass is 620 g/mol. The summed E-state index contributed by atoms with van der Waals surface area (Å²) in [6.07, 6.45) is 0. The maximum atomic E-state index is 2.24. The fourth-order valence-corrected chi connectivity index (χ4v) is 5.41. The van der Waals surface area contributed by atoms with Crippen LogP contribution >= 0.6 is 0 Å². The van der Waals surface area contributed by atoms with E-state index in [-0.39, 0.29) is 24.8 Å². The smallest absolute Gasteiger partial charge is 0.0771 e. The van der Waals surface area contributed by atoms with Crippen LogP contribution in [0.1, 0.15) is 16.7 Å². The van der Waals surface area contributed by atoms with Crippen molar-refractivity contribution in [3.8, 4) is 0 Å². The van der Waals surface area contributed by atoms with Crippen LogP contribution in [-0.2, 0) is 24.2 Å². The third kappa shape index (κ3) is 7.74. The van der Waals surface area contributed by atoms with E-state index >= 15 is 0 Å². The molecule has 0 bridgehead atoms. The van der Waals surface area contributed by atoms with E-state index in [0.717, 1.165) is 0 Å². The number of fused-ring (bicyclic) bond motifs is 4. The zero-order valence-corrected chi connectivity index (χ0v) is 25.7. The molecule has 3 heteroatoms. The average molecular weight is 623 g/mol. The SMILES string of the molecule is Cc1cc2ccccc2[cH-]1.[Cl-].[Cl-].[Zr+2]=[C](c1ccccc1)c1ccccc1.c1ccc2c(c1)[cH-]c1ccccc12. The van der Waals surface area contributed by atoms with Crippen LogP contribution < -0.4 is 24.8 Å². The van der Waals surface area contributed by atoms with Crippen molar-refractivity contribution in [1.29, 1.82) is 0 Å². The quantitative estimate of drug-likeness (QED) is 0.260. The fraction of sp³-hybridized carbons (Fsp3) is 0.0278. The zero-order valence-electron chi connectivity index (χ0n) is 21.7. The predicted octanol–water partition coefficient (Wildman–Crippen LogP) is 3.39. The molecule has 0 saturated heterocycles. The van der Waals surface area contributed by atoms with Crippen LogP contribution in [0.15, 0.2) is 152 Å². The molecule has 0 saturated carbocycles. The van der Waals surface area contributed by atoms with Gasteiger partial charge in [0.05, 0.1) is 0 Å². The van der Waals surface area contributed by atoms with E-state index in [1.807, 2.05) is 0 Å². The van der Waals surface area contributed by atoms with Crippen molar-refractivity contribution in [3.05, 3.63) is 168 Å². The van der Waals surface area contributed by atoms with Gasteiger partial charge in [-0.25, -0.2) is 0 Å². The average Bonchev–Trinajstić information content (AvgIpc) is 3.54. The molecule has 0 amide bonds. The molecule has 0 heterocycles. The molecule has 7 aromatic carbocycles. The van der Waals surface area contributed by atoms with Crippen molar-refractivity contribution < 1.29 is 49.0 Å². The van der Waals surface area contributed by atoms with E-state index < -0.39 is 0 Å². The Morgan fingerprint density at radius 3 is 1.38 bits per heavy atom. The molecule has 0 nitrogen and oxygen atoms in total. The van der Waals surface area contributed by atoms with Crippen molar-refractivity contribution in [2.24, 2.45) is 0 Å². The summed E-state index contributed by atoms with van der Waals surface area (Å²) in [4.78, 5) is 0. The number of halogens is 2. The van der Waals surface area contributed by atoms with Gasteiger partial charge in [0.15, 0.2) is 0 Å². The van der Waals surface area contributed by atoms with Crippen LogP contribution in [0.25, 0.3) is 32.3 Å². The number of rotatable bonds is 2. The number of benzene rings is 5. The van der Waals surface area contributed by atoms with Gasteiger partial charge in [0, 0.05) is 0 Å². The first-order valence-corrected chi connectivity index (χ1v) is 13.8. The molecule has 39 heavy (non-hydrogen) atoms. The second-order valence-electron chi connectivity index (χ2n) is 9.09. The molecule has 0 aliphatic carbocycles. The second-order valence-corrected chi connectivity index (χ2v) is 10.3. The number of aryl methyl sites for hydroxylation is 1. The summed E-state index contributed by atoms with van der Waals surface area (Å²) in [6.45, 7) is 2.12. The molecule has 7 aromatic rings. The van der Waals surface area contributed by atoms with Crippen molar-refractivity contribution in [1.82, 2.24) is 0 Å². The third-order valence-corrected chi connectivity index (χ3v) is 7.83. The van der Waals surface area contributed by atoms with E-state index in [2.05, 4.69) is 159 Å². The Kier molecular flexibility index (Phi) is 11.6. The van der Waals surface area contributed by atoms with Crippen molar-refractivity contribution in [3.63, 3.8) is 0 Å². The second kappa shape index (κ2) is 14.9. The minimum absolute atomic E-state index is 0. The first-order chi connectivity index (χ1) is 18.2. The van der Waals surface area contributed by atoms with Gasteiger partial charge < -0.3 is 24.8 Å². The molecule has 0 spiro atoms. The van der Waals surface area contributed by atoms with Gasteiger partial charge in [0.1, 0.15) is 0 Å². The van der Waals surface area contributed by atoms with E-state index in [1.165, 1.54) is 76.4 Å². The molecule has 7 rings (SSSR count). The normalized spacial score (nSPS) is 9.92. The molecule has 0 aliphatic heterocycles. The molecule has 192 valence electrons.